The zero-order valence-corrected chi connectivity index (χ0v) is 15.7. The summed E-state index contributed by atoms with van der Waals surface area (Å²) in [4.78, 5) is 32.9. The van der Waals surface area contributed by atoms with Gasteiger partial charge in [-0.3, -0.25) is 19.2 Å². The molecular weight excluding hydrogens is 344 g/mol. The molecule has 2 atom stereocenters. The zero-order chi connectivity index (χ0) is 19.3. The fourth-order valence-electron chi connectivity index (χ4n) is 4.12. The molecule has 0 bridgehead atoms. The lowest BCUT2D eigenvalue weighted by Crippen LogP contribution is -2.40. The number of aromatic hydroxyl groups is 1. The number of benzene rings is 1. The van der Waals surface area contributed by atoms with Crippen molar-refractivity contribution in [1.82, 2.24) is 19.4 Å². The summed E-state index contributed by atoms with van der Waals surface area (Å²) in [5.74, 6) is -0.249. The highest BCUT2D eigenvalue weighted by atomic mass is 16.3. The second-order valence-corrected chi connectivity index (χ2v) is 7.32. The molecule has 2 aromatic heterocycles. The smallest absolute Gasteiger partial charge is 0.331 e. The average Bonchev–Trinajstić information content (AvgIpc) is 3.01. The second-order valence-electron chi connectivity index (χ2n) is 7.32. The standard InChI is InChI=1S/C20H24N4O3/c1-4-11(2)24-19(26)15(18(25)22-20(24)27)17-16-13(9-10-23(17)3)12-7-5-6-8-14(12)21-16/h5-8,11,17,21,26H,4,9-10H2,1-3H3,(H,22,25,27)/t11-,17-/m0/s1. The predicted octanol–water partition coefficient (Wildman–Crippen LogP) is 2.27. The van der Waals surface area contributed by atoms with Gasteiger partial charge in [-0.05, 0) is 38.4 Å². The van der Waals surface area contributed by atoms with Gasteiger partial charge < -0.3 is 10.1 Å². The number of rotatable bonds is 3. The molecule has 0 fully saturated rings. The van der Waals surface area contributed by atoms with E-state index in [0.717, 1.165) is 35.1 Å². The van der Waals surface area contributed by atoms with Gasteiger partial charge in [-0.2, -0.15) is 0 Å². The van der Waals surface area contributed by atoms with Crippen molar-refractivity contribution in [3.05, 3.63) is 61.9 Å². The third-order valence-corrected chi connectivity index (χ3v) is 5.73. The molecule has 0 amide bonds. The normalized spacial score (nSPS) is 18.6. The molecule has 3 aromatic rings. The molecule has 3 N–H and O–H groups in total. The van der Waals surface area contributed by atoms with Gasteiger partial charge in [0.25, 0.3) is 5.56 Å². The third kappa shape index (κ3) is 2.61. The van der Waals surface area contributed by atoms with E-state index in [1.165, 1.54) is 4.57 Å². The monoisotopic (exact) mass is 368 g/mol. The van der Waals surface area contributed by atoms with Gasteiger partial charge >= 0.3 is 5.69 Å². The van der Waals surface area contributed by atoms with Gasteiger partial charge in [-0.1, -0.05) is 25.1 Å². The first-order valence-electron chi connectivity index (χ1n) is 9.31. The van der Waals surface area contributed by atoms with Gasteiger partial charge in [-0.15, -0.1) is 0 Å². The summed E-state index contributed by atoms with van der Waals surface area (Å²) in [6.07, 6.45) is 1.52. The van der Waals surface area contributed by atoms with Crippen LogP contribution in [0.15, 0.2) is 33.9 Å². The summed E-state index contributed by atoms with van der Waals surface area (Å²) in [7, 11) is 1.93. The Balaban J connectivity index is 2.00. The van der Waals surface area contributed by atoms with Gasteiger partial charge in [0.2, 0.25) is 5.88 Å². The highest BCUT2D eigenvalue weighted by molar-refractivity contribution is 5.85. The van der Waals surface area contributed by atoms with Gasteiger partial charge in [0.05, 0.1) is 6.04 Å². The molecule has 1 aliphatic rings. The number of H-pyrrole nitrogens is 2. The van der Waals surface area contributed by atoms with E-state index in [9.17, 15) is 14.7 Å². The quantitative estimate of drug-likeness (QED) is 0.661. The number of nitrogens with one attached hydrogen (secondary N) is 2. The van der Waals surface area contributed by atoms with Crippen molar-refractivity contribution < 1.29 is 5.11 Å². The number of aromatic nitrogens is 3. The highest BCUT2D eigenvalue weighted by Gasteiger charge is 2.34. The van der Waals surface area contributed by atoms with Crippen molar-refractivity contribution in [3.8, 4) is 5.88 Å². The first kappa shape index (κ1) is 17.6. The molecule has 0 saturated heterocycles. The SMILES string of the molecule is CC[C@H](C)n1c(O)c([C@H]2c3[nH]c4ccccc4c3CCN2C)c(=O)[nH]c1=O. The summed E-state index contributed by atoms with van der Waals surface area (Å²) >= 11 is 0. The average molecular weight is 368 g/mol. The molecule has 7 nitrogen and oxygen atoms in total. The third-order valence-electron chi connectivity index (χ3n) is 5.73. The minimum Gasteiger partial charge on any atom is -0.494 e. The molecule has 0 unspecified atom stereocenters. The minimum atomic E-state index is -0.578. The molecule has 142 valence electrons. The maximum Gasteiger partial charge on any atom is 0.331 e. The lowest BCUT2D eigenvalue weighted by molar-refractivity contribution is 0.248. The van der Waals surface area contributed by atoms with Gasteiger partial charge in [0.1, 0.15) is 5.56 Å². The van der Waals surface area contributed by atoms with E-state index in [-0.39, 0.29) is 17.5 Å². The van der Waals surface area contributed by atoms with Crippen molar-refractivity contribution >= 4 is 10.9 Å². The van der Waals surface area contributed by atoms with E-state index in [4.69, 9.17) is 0 Å². The van der Waals surface area contributed by atoms with Crippen molar-refractivity contribution in [3.63, 3.8) is 0 Å². The molecule has 0 spiro atoms. The largest absolute Gasteiger partial charge is 0.494 e. The fourth-order valence-corrected chi connectivity index (χ4v) is 4.12. The summed E-state index contributed by atoms with van der Waals surface area (Å²) in [5.41, 5.74) is 2.17. The van der Waals surface area contributed by atoms with Crippen LogP contribution in [-0.2, 0) is 6.42 Å². The Labute approximate surface area is 156 Å². The number of hydrogen-bond donors (Lipinski definition) is 3. The molecule has 3 heterocycles. The number of nitrogens with zero attached hydrogens (tertiary/aromatic N) is 2. The maximum atomic E-state index is 12.7. The zero-order valence-electron chi connectivity index (χ0n) is 15.7. The predicted molar refractivity (Wildman–Crippen MR) is 104 cm³/mol. The van der Waals surface area contributed by atoms with Crippen molar-refractivity contribution in [2.45, 2.75) is 38.8 Å². The first-order valence-corrected chi connectivity index (χ1v) is 9.31. The highest BCUT2D eigenvalue weighted by Crippen LogP contribution is 2.39. The maximum absolute atomic E-state index is 12.7. The molecule has 1 aliphatic heterocycles. The summed E-state index contributed by atoms with van der Waals surface area (Å²) in [6, 6.07) is 7.38. The lowest BCUT2D eigenvalue weighted by atomic mass is 9.93. The second kappa shape index (κ2) is 6.42. The van der Waals surface area contributed by atoms with E-state index < -0.39 is 17.3 Å². The van der Waals surface area contributed by atoms with Crippen LogP contribution in [0.5, 0.6) is 5.88 Å². The van der Waals surface area contributed by atoms with Crippen molar-refractivity contribution in [2.24, 2.45) is 0 Å². The van der Waals surface area contributed by atoms with Crippen LogP contribution in [0.3, 0.4) is 0 Å². The first-order chi connectivity index (χ1) is 12.9. The van der Waals surface area contributed by atoms with Crippen LogP contribution in [0.25, 0.3) is 10.9 Å². The Morgan fingerprint density at radius 2 is 2.00 bits per heavy atom. The Morgan fingerprint density at radius 3 is 2.74 bits per heavy atom. The van der Waals surface area contributed by atoms with Gasteiger partial charge in [0.15, 0.2) is 0 Å². The molecule has 4 rings (SSSR count). The number of fused-ring (bicyclic) bond motifs is 3. The van der Waals surface area contributed by atoms with Crippen LogP contribution in [0, 0.1) is 0 Å². The van der Waals surface area contributed by atoms with E-state index in [1.54, 1.807) is 0 Å². The number of hydrogen-bond acceptors (Lipinski definition) is 4. The minimum absolute atomic E-state index is 0.213. The molecule has 0 aliphatic carbocycles. The van der Waals surface area contributed by atoms with Crippen LogP contribution in [0.2, 0.25) is 0 Å². The Kier molecular flexibility index (Phi) is 4.19. The molecule has 0 radical (unpaired) electrons. The number of aromatic amines is 2. The summed E-state index contributed by atoms with van der Waals surface area (Å²) in [6.45, 7) is 4.53. The van der Waals surface area contributed by atoms with Crippen LogP contribution in [0.1, 0.15) is 49.2 Å². The van der Waals surface area contributed by atoms with Crippen LogP contribution in [-0.4, -0.2) is 38.1 Å². The topological polar surface area (TPSA) is 94.1 Å². The van der Waals surface area contributed by atoms with Crippen molar-refractivity contribution in [1.29, 1.82) is 0 Å². The molecule has 1 aromatic carbocycles. The molecule has 7 heteroatoms. The number of para-hydroxylation sites is 1. The van der Waals surface area contributed by atoms with Crippen LogP contribution in [0.4, 0.5) is 0 Å². The van der Waals surface area contributed by atoms with E-state index in [1.807, 2.05) is 44.0 Å². The fraction of sp³-hybridized carbons (Fsp3) is 0.400. The van der Waals surface area contributed by atoms with E-state index in [0.29, 0.717) is 6.42 Å². The molecule has 0 saturated carbocycles. The van der Waals surface area contributed by atoms with Crippen LogP contribution >= 0.6 is 0 Å². The lowest BCUT2D eigenvalue weighted by Gasteiger charge is -2.33. The Bertz CT molecular complexity index is 1120. The molecular formula is C20H24N4O3. The van der Waals surface area contributed by atoms with Crippen molar-refractivity contribution in [2.75, 3.05) is 13.6 Å². The van der Waals surface area contributed by atoms with E-state index in [2.05, 4.69) is 16.0 Å². The molecule has 27 heavy (non-hydrogen) atoms. The Morgan fingerprint density at radius 1 is 1.26 bits per heavy atom. The van der Waals surface area contributed by atoms with Gasteiger partial charge in [0, 0.05) is 29.2 Å². The summed E-state index contributed by atoms with van der Waals surface area (Å²) in [5, 5.41) is 12.1. The van der Waals surface area contributed by atoms with Crippen LogP contribution < -0.4 is 11.2 Å². The van der Waals surface area contributed by atoms with E-state index >= 15 is 0 Å². The Hall–Kier alpha value is -2.80. The van der Waals surface area contributed by atoms with Gasteiger partial charge in [-0.25, -0.2) is 4.79 Å². The number of likely N-dealkylation sites (N-methyl/N-ethyl adjacent to an activating group) is 1. The summed E-state index contributed by atoms with van der Waals surface area (Å²) < 4.78 is 1.28.